The van der Waals surface area contributed by atoms with Crippen LogP contribution in [0.4, 0.5) is 10.2 Å². The summed E-state index contributed by atoms with van der Waals surface area (Å²) in [6.07, 6.45) is 3.27. The molecule has 0 saturated carbocycles. The maximum atomic E-state index is 13.7. The lowest BCUT2D eigenvalue weighted by Crippen LogP contribution is -2.21. The first-order valence-corrected chi connectivity index (χ1v) is 6.89. The summed E-state index contributed by atoms with van der Waals surface area (Å²) in [6, 6.07) is 1.28. The molecule has 0 aliphatic heterocycles. The van der Waals surface area contributed by atoms with Crippen LogP contribution in [0.1, 0.15) is 23.4 Å². The molecule has 1 N–H and O–H groups in total. The fraction of sp³-hybridized carbons (Fsp3) is 0.429. The Morgan fingerprint density at radius 2 is 2.15 bits per heavy atom. The van der Waals surface area contributed by atoms with Crippen molar-refractivity contribution in [2.75, 3.05) is 18.5 Å². The second-order valence-electron chi connectivity index (χ2n) is 4.90. The molecule has 0 atom stereocenters. The fourth-order valence-electron chi connectivity index (χ4n) is 2.23. The average molecular weight is 297 g/mol. The molecule has 0 fully saturated rings. The van der Waals surface area contributed by atoms with Crippen LogP contribution < -0.4 is 4.90 Å². The van der Waals surface area contributed by atoms with Crippen molar-refractivity contribution >= 4 is 17.4 Å². The van der Waals surface area contributed by atoms with Gasteiger partial charge in [0.2, 0.25) is 0 Å². The lowest BCUT2D eigenvalue weighted by molar-refractivity contribution is 0.612. The van der Waals surface area contributed by atoms with Crippen molar-refractivity contribution in [2.24, 2.45) is 0 Å². The Morgan fingerprint density at radius 3 is 2.75 bits per heavy atom. The van der Waals surface area contributed by atoms with E-state index in [1.165, 1.54) is 17.8 Å². The van der Waals surface area contributed by atoms with E-state index in [-0.39, 0.29) is 0 Å². The molecule has 2 aromatic rings. The Hall–Kier alpha value is -1.62. The van der Waals surface area contributed by atoms with Crippen LogP contribution in [0.2, 0.25) is 5.02 Å². The van der Waals surface area contributed by atoms with Gasteiger partial charge in [-0.25, -0.2) is 9.37 Å². The first-order chi connectivity index (χ1) is 9.49. The van der Waals surface area contributed by atoms with E-state index in [0.717, 1.165) is 30.8 Å². The summed E-state index contributed by atoms with van der Waals surface area (Å²) in [4.78, 5) is 5.83. The summed E-state index contributed by atoms with van der Waals surface area (Å²) in [5.41, 5.74) is 3.37. The molecule has 2 rings (SSSR count). The van der Waals surface area contributed by atoms with Gasteiger partial charge in [-0.05, 0) is 38.3 Å². The Balaban J connectivity index is 1.94. The molecule has 2 heterocycles. The highest BCUT2D eigenvalue weighted by Crippen LogP contribution is 2.19. The quantitative estimate of drug-likeness (QED) is 0.921. The van der Waals surface area contributed by atoms with Gasteiger partial charge in [-0.1, -0.05) is 11.6 Å². The van der Waals surface area contributed by atoms with E-state index in [1.807, 2.05) is 20.9 Å². The lowest BCUT2D eigenvalue weighted by Gasteiger charge is -2.18. The minimum Gasteiger partial charge on any atom is -0.357 e. The van der Waals surface area contributed by atoms with Crippen molar-refractivity contribution in [2.45, 2.75) is 26.7 Å². The average Bonchev–Trinajstić information content (AvgIpc) is 2.70. The van der Waals surface area contributed by atoms with E-state index in [0.29, 0.717) is 10.8 Å². The Bertz CT molecular complexity index is 577. The zero-order chi connectivity index (χ0) is 14.7. The second-order valence-corrected chi connectivity index (χ2v) is 5.33. The number of halogens is 2. The molecule has 0 saturated heterocycles. The molecule has 0 aromatic carbocycles. The molecule has 6 heteroatoms. The van der Waals surface area contributed by atoms with Crippen molar-refractivity contribution in [3.63, 3.8) is 0 Å². The topological polar surface area (TPSA) is 44.8 Å². The molecule has 0 aliphatic carbocycles. The van der Waals surface area contributed by atoms with Crippen LogP contribution in [-0.4, -0.2) is 28.8 Å². The third-order valence-corrected chi connectivity index (χ3v) is 3.56. The molecule has 0 spiro atoms. The van der Waals surface area contributed by atoms with Gasteiger partial charge in [-0.2, -0.15) is 5.10 Å². The summed E-state index contributed by atoms with van der Waals surface area (Å²) < 4.78 is 13.7. The van der Waals surface area contributed by atoms with Crippen LogP contribution in [0.3, 0.4) is 0 Å². The van der Waals surface area contributed by atoms with Crippen LogP contribution in [0.5, 0.6) is 0 Å². The predicted octanol–water partition coefficient (Wildman–Crippen LogP) is 3.28. The Labute approximate surface area is 123 Å². The summed E-state index contributed by atoms with van der Waals surface area (Å²) in [6.45, 7) is 4.72. The van der Waals surface area contributed by atoms with E-state index < -0.39 is 5.82 Å². The molecule has 0 amide bonds. The summed E-state index contributed by atoms with van der Waals surface area (Å²) in [5.74, 6) is -0.0642. The zero-order valence-corrected chi connectivity index (χ0v) is 12.6. The molecule has 2 aromatic heterocycles. The number of H-pyrrole nitrogens is 1. The predicted molar refractivity (Wildman–Crippen MR) is 78.9 cm³/mol. The molecule has 108 valence electrons. The monoisotopic (exact) mass is 296 g/mol. The van der Waals surface area contributed by atoms with Gasteiger partial charge in [-0.15, -0.1) is 0 Å². The molecule has 0 bridgehead atoms. The molecule has 4 nitrogen and oxygen atoms in total. The number of aromatic amines is 1. The van der Waals surface area contributed by atoms with Crippen molar-refractivity contribution in [3.8, 4) is 0 Å². The zero-order valence-electron chi connectivity index (χ0n) is 11.9. The van der Waals surface area contributed by atoms with E-state index >= 15 is 0 Å². The van der Waals surface area contributed by atoms with Gasteiger partial charge in [0, 0.05) is 25.5 Å². The highest BCUT2D eigenvalue weighted by Gasteiger charge is 2.11. The largest absolute Gasteiger partial charge is 0.357 e. The lowest BCUT2D eigenvalue weighted by atomic mass is 10.1. The van der Waals surface area contributed by atoms with Crippen LogP contribution in [0.15, 0.2) is 12.3 Å². The molecular formula is C14H18ClFN4. The molecule has 0 unspecified atom stereocenters. The normalized spacial score (nSPS) is 10.8. The summed E-state index contributed by atoms with van der Waals surface area (Å²) in [7, 11) is 1.83. The van der Waals surface area contributed by atoms with Crippen LogP contribution in [0.25, 0.3) is 0 Å². The van der Waals surface area contributed by atoms with Crippen molar-refractivity contribution in [1.82, 2.24) is 15.2 Å². The van der Waals surface area contributed by atoms with E-state index in [1.54, 1.807) is 4.90 Å². The van der Waals surface area contributed by atoms with Gasteiger partial charge < -0.3 is 4.90 Å². The number of aromatic nitrogens is 3. The molecule has 0 aliphatic rings. The first-order valence-electron chi connectivity index (χ1n) is 6.51. The number of nitrogens with zero attached hydrogens (tertiary/aromatic N) is 3. The van der Waals surface area contributed by atoms with Crippen molar-refractivity contribution < 1.29 is 4.39 Å². The number of rotatable bonds is 5. The van der Waals surface area contributed by atoms with Crippen molar-refractivity contribution in [1.29, 1.82) is 0 Å². The number of anilines is 1. The minimum absolute atomic E-state index is 0.310. The smallest absolute Gasteiger partial charge is 0.167 e. The fourth-order valence-corrected chi connectivity index (χ4v) is 2.37. The first kappa shape index (κ1) is 14.8. The van der Waals surface area contributed by atoms with Gasteiger partial charge in [0.1, 0.15) is 0 Å². The van der Waals surface area contributed by atoms with Gasteiger partial charge in [0.05, 0.1) is 10.7 Å². The highest BCUT2D eigenvalue weighted by molar-refractivity contribution is 6.30. The molecular weight excluding hydrogens is 279 g/mol. The number of aryl methyl sites for hydroxylation is 2. The van der Waals surface area contributed by atoms with E-state index in [2.05, 4.69) is 15.2 Å². The highest BCUT2D eigenvalue weighted by atomic mass is 35.5. The Morgan fingerprint density at radius 1 is 1.40 bits per heavy atom. The van der Waals surface area contributed by atoms with Gasteiger partial charge in [0.25, 0.3) is 0 Å². The van der Waals surface area contributed by atoms with Crippen LogP contribution >= 0.6 is 11.6 Å². The SMILES string of the molecule is Cc1n[nH]c(C)c1CCCN(C)c1ncc(Cl)cc1F. The number of hydrogen-bond acceptors (Lipinski definition) is 3. The Kier molecular flexibility index (Phi) is 4.60. The molecule has 0 radical (unpaired) electrons. The van der Waals surface area contributed by atoms with Crippen molar-refractivity contribution in [3.05, 3.63) is 40.1 Å². The standard InChI is InChI=1S/C14H18ClFN4/c1-9-12(10(2)19-18-9)5-4-6-20(3)14-13(16)7-11(15)8-17-14/h7-8H,4-6H2,1-3H3,(H,18,19). The number of hydrogen-bond donors (Lipinski definition) is 1. The van der Waals surface area contributed by atoms with Crippen LogP contribution in [-0.2, 0) is 6.42 Å². The van der Waals surface area contributed by atoms with Gasteiger partial charge >= 0.3 is 0 Å². The number of nitrogens with one attached hydrogen (secondary N) is 1. The van der Waals surface area contributed by atoms with Gasteiger partial charge in [0.15, 0.2) is 11.6 Å². The maximum absolute atomic E-state index is 13.7. The second kappa shape index (κ2) is 6.22. The molecule has 20 heavy (non-hydrogen) atoms. The number of pyridine rings is 1. The third kappa shape index (κ3) is 3.28. The third-order valence-electron chi connectivity index (χ3n) is 3.35. The van der Waals surface area contributed by atoms with E-state index in [4.69, 9.17) is 11.6 Å². The van der Waals surface area contributed by atoms with Gasteiger partial charge in [-0.3, -0.25) is 5.10 Å². The summed E-state index contributed by atoms with van der Waals surface area (Å²) in [5, 5.41) is 7.45. The van der Waals surface area contributed by atoms with E-state index in [9.17, 15) is 4.39 Å². The minimum atomic E-state index is -0.393. The summed E-state index contributed by atoms with van der Waals surface area (Å²) >= 11 is 5.70. The van der Waals surface area contributed by atoms with Crippen LogP contribution in [0, 0.1) is 19.7 Å². The maximum Gasteiger partial charge on any atom is 0.167 e.